The summed E-state index contributed by atoms with van der Waals surface area (Å²) < 4.78 is 5.15. The highest BCUT2D eigenvalue weighted by Crippen LogP contribution is 2.17. The molecule has 1 N–H and O–H groups in total. The lowest BCUT2D eigenvalue weighted by atomic mass is 10.1. The molecule has 0 saturated carbocycles. The van der Waals surface area contributed by atoms with E-state index in [9.17, 15) is 4.79 Å². The molecule has 1 aromatic carbocycles. The molecule has 0 spiro atoms. The van der Waals surface area contributed by atoms with Crippen LogP contribution in [0.4, 0.5) is 0 Å². The van der Waals surface area contributed by atoms with Crippen LogP contribution in [0.1, 0.15) is 40.7 Å². The zero-order valence-corrected chi connectivity index (χ0v) is 15.1. The van der Waals surface area contributed by atoms with Crippen molar-refractivity contribution in [3.05, 3.63) is 52.9 Å². The van der Waals surface area contributed by atoms with E-state index in [0.717, 1.165) is 38.2 Å². The summed E-state index contributed by atoms with van der Waals surface area (Å²) in [4.78, 5) is 14.9. The molecule has 25 heavy (non-hydrogen) atoms. The minimum atomic E-state index is -0.0571. The number of carbonyl (C=O) groups excluding carboxylic acids is 1. The van der Waals surface area contributed by atoms with E-state index in [4.69, 9.17) is 4.52 Å². The lowest BCUT2D eigenvalue weighted by molar-refractivity contribution is 0.0945. The number of rotatable bonds is 7. The van der Waals surface area contributed by atoms with E-state index in [2.05, 4.69) is 45.7 Å². The fourth-order valence-electron chi connectivity index (χ4n) is 3.49. The van der Waals surface area contributed by atoms with Crippen LogP contribution in [0.25, 0.3) is 0 Å². The minimum absolute atomic E-state index is 0.0571. The molecule has 1 fully saturated rings. The number of carbonyl (C=O) groups is 1. The van der Waals surface area contributed by atoms with E-state index in [1.54, 1.807) is 6.92 Å². The maximum Gasteiger partial charge on any atom is 0.256 e. The molecule has 1 amide bonds. The molecule has 1 atom stereocenters. The summed E-state index contributed by atoms with van der Waals surface area (Å²) in [7, 11) is 0. The van der Waals surface area contributed by atoms with E-state index in [1.807, 2.05) is 6.92 Å². The van der Waals surface area contributed by atoms with Crippen molar-refractivity contribution < 1.29 is 9.32 Å². The SMILES string of the molecule is CCc1noc(C)c1C(=O)NC[C@H]1CCN(CCc2ccccc2)C1. The summed E-state index contributed by atoms with van der Waals surface area (Å²) in [5.41, 5.74) is 2.74. The van der Waals surface area contributed by atoms with E-state index < -0.39 is 0 Å². The summed E-state index contributed by atoms with van der Waals surface area (Å²) in [6.07, 6.45) is 2.93. The zero-order valence-electron chi connectivity index (χ0n) is 15.1. The summed E-state index contributed by atoms with van der Waals surface area (Å²) >= 11 is 0. The molecule has 1 aromatic heterocycles. The fourth-order valence-corrected chi connectivity index (χ4v) is 3.49. The maximum absolute atomic E-state index is 12.4. The molecule has 2 aromatic rings. The molecular formula is C20H27N3O2. The third-order valence-electron chi connectivity index (χ3n) is 4.98. The highest BCUT2D eigenvalue weighted by molar-refractivity contribution is 5.96. The van der Waals surface area contributed by atoms with Gasteiger partial charge in [0.25, 0.3) is 5.91 Å². The topological polar surface area (TPSA) is 58.4 Å². The van der Waals surface area contributed by atoms with Crippen LogP contribution in [0.3, 0.4) is 0 Å². The Morgan fingerprint density at radius 1 is 1.36 bits per heavy atom. The summed E-state index contributed by atoms with van der Waals surface area (Å²) in [5, 5.41) is 7.03. The van der Waals surface area contributed by atoms with Gasteiger partial charge in [-0.05, 0) is 44.2 Å². The molecule has 134 valence electrons. The summed E-state index contributed by atoms with van der Waals surface area (Å²) in [6, 6.07) is 10.6. The van der Waals surface area contributed by atoms with E-state index in [0.29, 0.717) is 30.2 Å². The minimum Gasteiger partial charge on any atom is -0.361 e. The molecule has 1 saturated heterocycles. The Kier molecular flexibility index (Phi) is 5.87. The van der Waals surface area contributed by atoms with Crippen LogP contribution < -0.4 is 5.32 Å². The maximum atomic E-state index is 12.4. The van der Waals surface area contributed by atoms with Gasteiger partial charge < -0.3 is 14.7 Å². The smallest absolute Gasteiger partial charge is 0.256 e. The van der Waals surface area contributed by atoms with Gasteiger partial charge in [0.1, 0.15) is 11.3 Å². The number of benzene rings is 1. The third kappa shape index (κ3) is 4.48. The molecule has 0 aliphatic carbocycles. The molecule has 0 bridgehead atoms. The van der Waals surface area contributed by atoms with Gasteiger partial charge in [-0.25, -0.2) is 0 Å². The highest BCUT2D eigenvalue weighted by atomic mass is 16.5. The predicted molar refractivity (Wildman–Crippen MR) is 97.6 cm³/mol. The Labute approximate surface area is 149 Å². The van der Waals surface area contributed by atoms with Crippen LogP contribution in [-0.4, -0.2) is 42.1 Å². The largest absolute Gasteiger partial charge is 0.361 e. The van der Waals surface area contributed by atoms with Crippen LogP contribution in [0.2, 0.25) is 0 Å². The molecule has 0 unspecified atom stereocenters. The van der Waals surface area contributed by atoms with Gasteiger partial charge in [0.2, 0.25) is 0 Å². The van der Waals surface area contributed by atoms with Gasteiger partial charge in [0, 0.05) is 19.6 Å². The fraction of sp³-hybridized carbons (Fsp3) is 0.500. The Bertz CT molecular complexity index is 696. The second-order valence-electron chi connectivity index (χ2n) is 6.81. The van der Waals surface area contributed by atoms with Gasteiger partial charge in [0.15, 0.2) is 0 Å². The standard InChI is InChI=1S/C20H27N3O2/c1-3-18-19(15(2)25-22-18)20(24)21-13-17-10-12-23(14-17)11-9-16-7-5-4-6-8-16/h4-8,17H,3,9-14H2,1-2H3,(H,21,24)/t17-/m1/s1. The number of aromatic nitrogens is 1. The first-order valence-corrected chi connectivity index (χ1v) is 9.17. The Hall–Kier alpha value is -2.14. The Balaban J connectivity index is 1.44. The molecule has 2 heterocycles. The quantitative estimate of drug-likeness (QED) is 0.841. The van der Waals surface area contributed by atoms with Crippen molar-refractivity contribution >= 4 is 5.91 Å². The first-order chi connectivity index (χ1) is 12.2. The first kappa shape index (κ1) is 17.7. The van der Waals surface area contributed by atoms with Gasteiger partial charge in [-0.15, -0.1) is 0 Å². The second kappa shape index (κ2) is 8.30. The number of hydrogen-bond donors (Lipinski definition) is 1. The monoisotopic (exact) mass is 341 g/mol. The zero-order chi connectivity index (χ0) is 17.6. The normalized spacial score (nSPS) is 17.8. The number of nitrogens with one attached hydrogen (secondary N) is 1. The molecule has 3 rings (SSSR count). The van der Waals surface area contributed by atoms with Crippen LogP contribution >= 0.6 is 0 Å². The summed E-state index contributed by atoms with van der Waals surface area (Å²) in [5.74, 6) is 1.06. The Morgan fingerprint density at radius 3 is 2.92 bits per heavy atom. The number of nitrogens with zero attached hydrogens (tertiary/aromatic N) is 2. The van der Waals surface area contributed by atoms with Crippen molar-refractivity contribution in [3.63, 3.8) is 0 Å². The van der Waals surface area contributed by atoms with Gasteiger partial charge >= 0.3 is 0 Å². The van der Waals surface area contributed by atoms with Crippen molar-refractivity contribution in [3.8, 4) is 0 Å². The average Bonchev–Trinajstić information content (AvgIpc) is 3.25. The predicted octanol–water partition coefficient (Wildman–Crippen LogP) is 2.84. The third-order valence-corrected chi connectivity index (χ3v) is 4.98. The van der Waals surface area contributed by atoms with Crippen molar-refractivity contribution in [2.24, 2.45) is 5.92 Å². The van der Waals surface area contributed by atoms with E-state index in [-0.39, 0.29) is 5.91 Å². The molecule has 1 aliphatic rings. The lowest BCUT2D eigenvalue weighted by Gasteiger charge is -2.16. The number of aryl methyl sites for hydroxylation is 2. The van der Waals surface area contributed by atoms with Crippen molar-refractivity contribution in [2.75, 3.05) is 26.2 Å². The van der Waals surface area contributed by atoms with Crippen molar-refractivity contribution in [1.29, 1.82) is 0 Å². The van der Waals surface area contributed by atoms with E-state index in [1.165, 1.54) is 5.56 Å². The van der Waals surface area contributed by atoms with Crippen LogP contribution in [-0.2, 0) is 12.8 Å². The van der Waals surface area contributed by atoms with Crippen LogP contribution in [0.5, 0.6) is 0 Å². The molecule has 5 heteroatoms. The molecule has 5 nitrogen and oxygen atoms in total. The van der Waals surface area contributed by atoms with E-state index >= 15 is 0 Å². The van der Waals surface area contributed by atoms with Gasteiger partial charge in [-0.3, -0.25) is 4.79 Å². The Morgan fingerprint density at radius 2 is 2.16 bits per heavy atom. The lowest BCUT2D eigenvalue weighted by Crippen LogP contribution is -2.32. The number of likely N-dealkylation sites (tertiary alicyclic amines) is 1. The summed E-state index contributed by atoms with van der Waals surface area (Å²) in [6.45, 7) is 7.74. The van der Waals surface area contributed by atoms with Crippen LogP contribution in [0.15, 0.2) is 34.9 Å². The highest BCUT2D eigenvalue weighted by Gasteiger charge is 2.24. The van der Waals surface area contributed by atoms with Crippen molar-refractivity contribution in [2.45, 2.75) is 33.1 Å². The molecule has 0 radical (unpaired) electrons. The van der Waals surface area contributed by atoms with Gasteiger partial charge in [-0.1, -0.05) is 42.4 Å². The molecule has 1 aliphatic heterocycles. The number of hydrogen-bond acceptors (Lipinski definition) is 4. The number of amides is 1. The molecular weight excluding hydrogens is 314 g/mol. The van der Waals surface area contributed by atoms with Gasteiger partial charge in [0.05, 0.1) is 5.69 Å². The van der Waals surface area contributed by atoms with Crippen LogP contribution in [0, 0.1) is 12.8 Å². The first-order valence-electron chi connectivity index (χ1n) is 9.17. The van der Waals surface area contributed by atoms with Crippen molar-refractivity contribution in [1.82, 2.24) is 15.4 Å². The van der Waals surface area contributed by atoms with Gasteiger partial charge in [-0.2, -0.15) is 0 Å². The average molecular weight is 341 g/mol. The second-order valence-corrected chi connectivity index (χ2v) is 6.81.